The summed E-state index contributed by atoms with van der Waals surface area (Å²) >= 11 is 0. The Bertz CT molecular complexity index is 775. The van der Waals surface area contributed by atoms with E-state index in [4.69, 9.17) is 10.5 Å². The molecule has 2 aliphatic carbocycles. The standard InChI is InChI=1S/C19H24F3N3O3/c1-10(19(20,21)22)28-15-7-14(24-9-13(15)11-3-4-11)17(27)25-18(2,8-16(23)26)12-5-6-12/h7,9-12H,3-6,8H2,1-2H3,(H2,23,26)(H,25,27). The van der Waals surface area contributed by atoms with E-state index in [9.17, 15) is 22.8 Å². The van der Waals surface area contributed by atoms with Gasteiger partial charge in [-0.3, -0.25) is 14.6 Å². The van der Waals surface area contributed by atoms with E-state index in [-0.39, 0.29) is 29.7 Å². The normalized spacial score (nSPS) is 20.2. The average molecular weight is 399 g/mol. The van der Waals surface area contributed by atoms with Gasteiger partial charge in [-0.1, -0.05) is 0 Å². The topological polar surface area (TPSA) is 94.3 Å². The molecule has 0 radical (unpaired) electrons. The van der Waals surface area contributed by atoms with Crippen LogP contribution in [-0.2, 0) is 4.79 Å². The lowest BCUT2D eigenvalue weighted by Crippen LogP contribution is -2.50. The predicted octanol–water partition coefficient (Wildman–Crippen LogP) is 3.06. The highest BCUT2D eigenvalue weighted by Gasteiger charge is 2.44. The number of nitrogens with zero attached hydrogens (tertiary/aromatic N) is 1. The summed E-state index contributed by atoms with van der Waals surface area (Å²) in [6.07, 6.45) is -1.69. The maximum atomic E-state index is 12.9. The molecular weight excluding hydrogens is 375 g/mol. The number of hydrogen-bond acceptors (Lipinski definition) is 4. The Balaban J connectivity index is 1.82. The third-order valence-electron chi connectivity index (χ3n) is 5.33. The second kappa shape index (κ2) is 7.25. The zero-order valence-electron chi connectivity index (χ0n) is 15.8. The molecule has 28 heavy (non-hydrogen) atoms. The van der Waals surface area contributed by atoms with Gasteiger partial charge in [0.2, 0.25) is 5.91 Å². The number of aromatic nitrogens is 1. The number of amides is 2. The van der Waals surface area contributed by atoms with Crippen LogP contribution in [0, 0.1) is 5.92 Å². The molecule has 9 heteroatoms. The van der Waals surface area contributed by atoms with Crippen molar-refractivity contribution < 1.29 is 27.5 Å². The molecule has 154 valence electrons. The molecule has 0 aliphatic heterocycles. The number of rotatable bonds is 8. The van der Waals surface area contributed by atoms with Gasteiger partial charge in [0, 0.05) is 29.8 Å². The van der Waals surface area contributed by atoms with E-state index in [2.05, 4.69) is 10.3 Å². The molecule has 2 aliphatic rings. The van der Waals surface area contributed by atoms with Crippen molar-refractivity contribution in [3.05, 3.63) is 23.5 Å². The number of carbonyl (C=O) groups excluding carboxylic acids is 2. The Morgan fingerprint density at radius 3 is 2.46 bits per heavy atom. The van der Waals surface area contributed by atoms with E-state index in [0.717, 1.165) is 32.6 Å². The summed E-state index contributed by atoms with van der Waals surface area (Å²) in [6.45, 7) is 2.67. The van der Waals surface area contributed by atoms with Crippen LogP contribution in [-0.4, -0.2) is 34.6 Å². The lowest BCUT2D eigenvalue weighted by atomic mass is 9.91. The molecular formula is C19H24F3N3O3. The van der Waals surface area contributed by atoms with E-state index in [1.807, 2.05) is 0 Å². The summed E-state index contributed by atoms with van der Waals surface area (Å²) < 4.78 is 43.9. The van der Waals surface area contributed by atoms with Crippen LogP contribution >= 0.6 is 0 Å². The minimum atomic E-state index is -4.52. The number of pyridine rings is 1. The van der Waals surface area contributed by atoms with Gasteiger partial charge in [-0.2, -0.15) is 13.2 Å². The molecule has 1 heterocycles. The Hall–Kier alpha value is -2.32. The Morgan fingerprint density at radius 1 is 1.32 bits per heavy atom. The van der Waals surface area contributed by atoms with E-state index in [0.29, 0.717) is 5.56 Å². The van der Waals surface area contributed by atoms with Crippen LogP contribution in [0.5, 0.6) is 5.75 Å². The lowest BCUT2D eigenvalue weighted by Gasteiger charge is -2.30. The Morgan fingerprint density at radius 2 is 1.96 bits per heavy atom. The van der Waals surface area contributed by atoms with Gasteiger partial charge in [0.05, 0.1) is 0 Å². The van der Waals surface area contributed by atoms with Crippen LogP contribution in [0.3, 0.4) is 0 Å². The fourth-order valence-electron chi connectivity index (χ4n) is 3.33. The highest BCUT2D eigenvalue weighted by molar-refractivity contribution is 5.93. The van der Waals surface area contributed by atoms with Crippen LogP contribution in [0.15, 0.2) is 12.3 Å². The van der Waals surface area contributed by atoms with Crippen molar-refractivity contribution >= 4 is 11.8 Å². The first-order chi connectivity index (χ1) is 13.0. The molecule has 3 N–H and O–H groups in total. The predicted molar refractivity (Wildman–Crippen MR) is 94.8 cm³/mol. The summed E-state index contributed by atoms with van der Waals surface area (Å²) in [5.41, 5.74) is 5.03. The summed E-state index contributed by atoms with van der Waals surface area (Å²) in [4.78, 5) is 28.2. The number of nitrogens with two attached hydrogens (primary N) is 1. The highest BCUT2D eigenvalue weighted by atomic mass is 19.4. The average Bonchev–Trinajstić information content (AvgIpc) is 3.46. The second-order valence-corrected chi connectivity index (χ2v) is 7.97. The molecule has 2 atom stereocenters. The fourth-order valence-corrected chi connectivity index (χ4v) is 3.33. The molecule has 2 fully saturated rings. The van der Waals surface area contributed by atoms with Gasteiger partial charge in [0.1, 0.15) is 11.4 Å². The van der Waals surface area contributed by atoms with Crippen molar-refractivity contribution in [1.29, 1.82) is 0 Å². The SMILES string of the molecule is CC(Oc1cc(C(=O)NC(C)(CC(N)=O)C2CC2)ncc1C1CC1)C(F)(F)F. The molecule has 6 nitrogen and oxygen atoms in total. The zero-order chi connectivity index (χ0) is 20.7. The Kier molecular flexibility index (Phi) is 5.29. The summed E-state index contributed by atoms with van der Waals surface area (Å²) in [6, 6.07) is 1.25. The summed E-state index contributed by atoms with van der Waals surface area (Å²) in [7, 11) is 0. The fraction of sp³-hybridized carbons (Fsp3) is 0.632. The maximum absolute atomic E-state index is 12.9. The highest BCUT2D eigenvalue weighted by Crippen LogP contribution is 2.45. The van der Waals surface area contributed by atoms with Crippen LogP contribution in [0.2, 0.25) is 0 Å². The number of nitrogens with one attached hydrogen (secondary N) is 1. The zero-order valence-corrected chi connectivity index (χ0v) is 15.8. The molecule has 1 aromatic rings. The molecule has 0 bridgehead atoms. The number of hydrogen-bond donors (Lipinski definition) is 2. The van der Waals surface area contributed by atoms with Crippen molar-refractivity contribution in [2.45, 2.75) is 69.7 Å². The first-order valence-corrected chi connectivity index (χ1v) is 9.34. The molecule has 2 saturated carbocycles. The molecule has 2 unspecified atom stereocenters. The third-order valence-corrected chi connectivity index (χ3v) is 5.33. The Labute approximate surface area is 161 Å². The quantitative estimate of drug-likeness (QED) is 0.702. The van der Waals surface area contributed by atoms with Crippen molar-refractivity contribution in [3.8, 4) is 5.75 Å². The number of alkyl halides is 3. The van der Waals surface area contributed by atoms with Crippen molar-refractivity contribution in [3.63, 3.8) is 0 Å². The first kappa shape index (κ1) is 20.4. The monoisotopic (exact) mass is 399 g/mol. The smallest absolute Gasteiger partial charge is 0.425 e. The van der Waals surface area contributed by atoms with Crippen LogP contribution in [0.25, 0.3) is 0 Å². The van der Waals surface area contributed by atoms with Gasteiger partial charge in [0.25, 0.3) is 5.91 Å². The number of ether oxygens (including phenoxy) is 1. The minimum Gasteiger partial charge on any atom is -0.481 e. The van der Waals surface area contributed by atoms with Gasteiger partial charge >= 0.3 is 6.18 Å². The van der Waals surface area contributed by atoms with E-state index >= 15 is 0 Å². The minimum absolute atomic E-state index is 0.0158. The first-order valence-electron chi connectivity index (χ1n) is 9.34. The van der Waals surface area contributed by atoms with Crippen LogP contribution < -0.4 is 15.8 Å². The molecule has 0 spiro atoms. The van der Waals surface area contributed by atoms with E-state index < -0.39 is 29.6 Å². The molecule has 3 rings (SSSR count). The molecule has 0 aromatic carbocycles. The third kappa shape index (κ3) is 4.74. The number of carbonyl (C=O) groups is 2. The number of primary amides is 1. The maximum Gasteiger partial charge on any atom is 0.425 e. The van der Waals surface area contributed by atoms with Gasteiger partial charge in [0.15, 0.2) is 6.10 Å². The second-order valence-electron chi connectivity index (χ2n) is 7.97. The number of halogens is 3. The molecule has 1 aromatic heterocycles. The van der Waals surface area contributed by atoms with Gasteiger partial charge in [-0.25, -0.2) is 0 Å². The largest absolute Gasteiger partial charge is 0.481 e. The summed E-state index contributed by atoms with van der Waals surface area (Å²) in [5, 5.41) is 2.80. The van der Waals surface area contributed by atoms with Crippen molar-refractivity contribution in [1.82, 2.24) is 10.3 Å². The van der Waals surface area contributed by atoms with E-state index in [1.54, 1.807) is 6.92 Å². The summed E-state index contributed by atoms with van der Waals surface area (Å²) in [5.74, 6) is -0.838. The van der Waals surface area contributed by atoms with Gasteiger partial charge < -0.3 is 15.8 Å². The van der Waals surface area contributed by atoms with Gasteiger partial charge in [-0.05, 0) is 51.4 Å². The van der Waals surface area contributed by atoms with Crippen LogP contribution in [0.4, 0.5) is 13.2 Å². The van der Waals surface area contributed by atoms with Crippen molar-refractivity contribution in [2.24, 2.45) is 11.7 Å². The van der Waals surface area contributed by atoms with Crippen LogP contribution in [0.1, 0.15) is 67.9 Å². The van der Waals surface area contributed by atoms with Gasteiger partial charge in [-0.15, -0.1) is 0 Å². The van der Waals surface area contributed by atoms with Crippen molar-refractivity contribution in [2.75, 3.05) is 0 Å². The molecule has 2 amide bonds. The lowest BCUT2D eigenvalue weighted by molar-refractivity contribution is -0.189. The molecule has 0 saturated heterocycles. The van der Waals surface area contributed by atoms with E-state index in [1.165, 1.54) is 12.3 Å².